The molecule has 0 amide bonds. The molecule has 1 aliphatic heterocycles. The van der Waals surface area contributed by atoms with Gasteiger partial charge in [-0.15, -0.1) is 0 Å². The van der Waals surface area contributed by atoms with Crippen LogP contribution in [-0.2, 0) is 14.1 Å². The number of aryl methyl sites for hydroxylation is 2. The third kappa shape index (κ3) is 3.13. The lowest BCUT2D eigenvalue weighted by atomic mass is 9.77. The zero-order chi connectivity index (χ0) is 16.7. The molecule has 1 aliphatic rings. The van der Waals surface area contributed by atoms with Gasteiger partial charge in [-0.05, 0) is 58.1 Å². The Morgan fingerprint density at radius 1 is 1.14 bits per heavy atom. The van der Waals surface area contributed by atoms with Gasteiger partial charge in [-0.1, -0.05) is 12.1 Å². The highest BCUT2D eigenvalue weighted by Gasteiger charge is 2.51. The Kier molecular flexibility index (Phi) is 4.28. The van der Waals surface area contributed by atoms with Gasteiger partial charge in [-0.25, -0.2) is 4.79 Å². The molecule has 22 heavy (non-hydrogen) atoms. The van der Waals surface area contributed by atoms with Gasteiger partial charge < -0.3 is 19.2 Å². The molecule has 0 aromatic heterocycles. The Balaban J connectivity index is 2.26. The SMILES string of the molecule is Cc1cc(B2OC(C)(C)C(C)(C)O2)cc(C)c1OCC(=O)O. The molecule has 5 nitrogen and oxygen atoms in total. The summed E-state index contributed by atoms with van der Waals surface area (Å²) in [6.45, 7) is 11.5. The summed E-state index contributed by atoms with van der Waals surface area (Å²) in [5, 5.41) is 8.73. The first-order chi connectivity index (χ1) is 10.0. The monoisotopic (exact) mass is 306 g/mol. The number of hydrogen-bond donors (Lipinski definition) is 1. The minimum Gasteiger partial charge on any atom is -0.481 e. The van der Waals surface area contributed by atoms with Crippen LogP contribution in [0.3, 0.4) is 0 Å². The highest BCUT2D eigenvalue weighted by Crippen LogP contribution is 2.37. The van der Waals surface area contributed by atoms with Crippen molar-refractivity contribution in [1.29, 1.82) is 0 Å². The molecule has 1 N–H and O–H groups in total. The number of hydrogen-bond acceptors (Lipinski definition) is 4. The molecule has 6 heteroatoms. The van der Waals surface area contributed by atoms with E-state index in [1.54, 1.807) is 0 Å². The highest BCUT2D eigenvalue weighted by atomic mass is 16.7. The molecule has 120 valence electrons. The van der Waals surface area contributed by atoms with Crippen LogP contribution >= 0.6 is 0 Å². The molecule has 1 aromatic carbocycles. The summed E-state index contributed by atoms with van der Waals surface area (Å²) in [5.41, 5.74) is 1.86. The predicted octanol–water partition coefficient (Wildman–Crippen LogP) is 2.07. The van der Waals surface area contributed by atoms with Crippen LogP contribution in [-0.4, -0.2) is 36.0 Å². The molecule has 1 fully saturated rings. The average Bonchev–Trinajstić information content (AvgIpc) is 2.57. The molecule has 0 radical (unpaired) electrons. The smallest absolute Gasteiger partial charge is 0.481 e. The van der Waals surface area contributed by atoms with Gasteiger partial charge in [0.1, 0.15) is 5.75 Å². The average molecular weight is 306 g/mol. The summed E-state index contributed by atoms with van der Waals surface area (Å²) in [7, 11) is -0.434. The second-order valence-corrected chi connectivity index (χ2v) is 6.75. The molecule has 1 saturated heterocycles. The Hall–Kier alpha value is -1.53. The number of carbonyl (C=O) groups is 1. The minimum absolute atomic E-state index is 0.350. The van der Waals surface area contributed by atoms with Gasteiger partial charge in [-0.3, -0.25) is 0 Å². The summed E-state index contributed by atoms with van der Waals surface area (Å²) >= 11 is 0. The summed E-state index contributed by atoms with van der Waals surface area (Å²) in [4.78, 5) is 10.6. The Morgan fingerprint density at radius 3 is 2.00 bits per heavy atom. The highest BCUT2D eigenvalue weighted by molar-refractivity contribution is 6.62. The van der Waals surface area contributed by atoms with Crippen LogP contribution in [0.4, 0.5) is 0 Å². The van der Waals surface area contributed by atoms with Crippen molar-refractivity contribution >= 4 is 18.6 Å². The van der Waals surface area contributed by atoms with Crippen molar-refractivity contribution in [3.05, 3.63) is 23.3 Å². The van der Waals surface area contributed by atoms with Crippen LogP contribution in [0.15, 0.2) is 12.1 Å². The molecule has 0 bridgehead atoms. The minimum atomic E-state index is -0.992. The first kappa shape index (κ1) is 16.8. The molecule has 1 aromatic rings. The number of ether oxygens (including phenoxy) is 1. The van der Waals surface area contributed by atoms with Crippen molar-refractivity contribution in [2.24, 2.45) is 0 Å². The Bertz CT molecular complexity index is 555. The summed E-state index contributed by atoms with van der Waals surface area (Å²) in [5.74, 6) is -0.392. The van der Waals surface area contributed by atoms with E-state index >= 15 is 0 Å². The van der Waals surface area contributed by atoms with Gasteiger partial charge in [0, 0.05) is 0 Å². The largest absolute Gasteiger partial charge is 0.494 e. The summed E-state index contributed by atoms with van der Waals surface area (Å²) in [6, 6.07) is 3.85. The number of carboxylic acids is 1. The summed E-state index contributed by atoms with van der Waals surface area (Å²) in [6.07, 6.45) is 0. The maximum absolute atomic E-state index is 10.6. The van der Waals surface area contributed by atoms with Crippen LogP contribution in [0, 0.1) is 13.8 Å². The molecule has 0 saturated carbocycles. The van der Waals surface area contributed by atoms with Gasteiger partial charge >= 0.3 is 13.1 Å². The Labute approximate surface area is 131 Å². The van der Waals surface area contributed by atoms with Gasteiger partial charge in [0.2, 0.25) is 0 Å². The molecule has 2 rings (SSSR count). The number of carboxylic acid groups (broad SMARTS) is 1. The van der Waals surface area contributed by atoms with E-state index in [1.165, 1.54) is 0 Å². The Morgan fingerprint density at radius 2 is 1.59 bits per heavy atom. The maximum Gasteiger partial charge on any atom is 0.494 e. The van der Waals surface area contributed by atoms with Gasteiger partial charge in [-0.2, -0.15) is 0 Å². The van der Waals surface area contributed by atoms with Crippen molar-refractivity contribution in [3.8, 4) is 5.75 Å². The second kappa shape index (κ2) is 5.59. The van der Waals surface area contributed by atoms with E-state index in [-0.39, 0.29) is 6.61 Å². The van der Waals surface area contributed by atoms with Crippen molar-refractivity contribution in [2.75, 3.05) is 6.61 Å². The first-order valence-electron chi connectivity index (χ1n) is 7.35. The van der Waals surface area contributed by atoms with E-state index in [1.807, 2.05) is 53.7 Å². The molecular formula is C16H23BO5. The van der Waals surface area contributed by atoms with Crippen molar-refractivity contribution in [2.45, 2.75) is 52.7 Å². The zero-order valence-electron chi connectivity index (χ0n) is 14.0. The fourth-order valence-electron chi connectivity index (χ4n) is 2.46. The van der Waals surface area contributed by atoms with Crippen molar-refractivity contribution < 1.29 is 23.9 Å². The van der Waals surface area contributed by atoms with Gasteiger partial charge in [0.25, 0.3) is 0 Å². The quantitative estimate of drug-likeness (QED) is 0.863. The molecule has 1 heterocycles. The van der Waals surface area contributed by atoms with Crippen molar-refractivity contribution in [1.82, 2.24) is 0 Å². The molecule has 0 spiro atoms. The van der Waals surface area contributed by atoms with E-state index in [4.69, 9.17) is 19.2 Å². The van der Waals surface area contributed by atoms with Gasteiger partial charge in [0.05, 0.1) is 11.2 Å². The third-order valence-corrected chi connectivity index (χ3v) is 4.35. The van der Waals surface area contributed by atoms with Crippen molar-refractivity contribution in [3.63, 3.8) is 0 Å². The second-order valence-electron chi connectivity index (χ2n) is 6.75. The first-order valence-corrected chi connectivity index (χ1v) is 7.35. The van der Waals surface area contributed by atoms with Crippen LogP contribution in [0.25, 0.3) is 0 Å². The standard InChI is InChI=1S/C16H23BO5/c1-10-7-12(8-11(2)14(10)20-9-13(18)19)17-21-15(3,4)16(5,6)22-17/h7-8H,9H2,1-6H3,(H,18,19). The summed E-state index contributed by atoms with van der Waals surface area (Å²) < 4.78 is 17.4. The fraction of sp³-hybridized carbons (Fsp3) is 0.562. The van der Waals surface area contributed by atoms with E-state index in [0.29, 0.717) is 5.75 Å². The van der Waals surface area contributed by atoms with Gasteiger partial charge in [0.15, 0.2) is 6.61 Å². The van der Waals surface area contributed by atoms with E-state index in [9.17, 15) is 4.79 Å². The van der Waals surface area contributed by atoms with E-state index < -0.39 is 24.3 Å². The lowest BCUT2D eigenvalue weighted by molar-refractivity contribution is -0.139. The van der Waals surface area contributed by atoms with Crippen LogP contribution < -0.4 is 10.2 Å². The van der Waals surface area contributed by atoms with Crippen LogP contribution in [0.2, 0.25) is 0 Å². The lowest BCUT2D eigenvalue weighted by Crippen LogP contribution is -2.41. The van der Waals surface area contributed by atoms with E-state index in [0.717, 1.165) is 16.6 Å². The molecule has 0 unspecified atom stereocenters. The molecule has 0 atom stereocenters. The fourth-order valence-corrected chi connectivity index (χ4v) is 2.46. The van der Waals surface area contributed by atoms with E-state index in [2.05, 4.69) is 0 Å². The number of aliphatic carboxylic acids is 1. The topological polar surface area (TPSA) is 65.0 Å². The third-order valence-electron chi connectivity index (χ3n) is 4.35. The molecular weight excluding hydrogens is 283 g/mol. The number of rotatable bonds is 4. The maximum atomic E-state index is 10.6. The lowest BCUT2D eigenvalue weighted by Gasteiger charge is -2.32. The number of benzene rings is 1. The molecule has 0 aliphatic carbocycles. The predicted molar refractivity (Wildman–Crippen MR) is 84.8 cm³/mol. The zero-order valence-corrected chi connectivity index (χ0v) is 14.0. The van der Waals surface area contributed by atoms with Crippen LogP contribution in [0.1, 0.15) is 38.8 Å². The normalized spacial score (nSPS) is 19.3. The van der Waals surface area contributed by atoms with Crippen LogP contribution in [0.5, 0.6) is 5.75 Å².